The number of amides is 2. The number of nitrogens with one attached hydrogen (secondary N) is 2. The molecular weight excluding hydrogens is 354 g/mol. The molecule has 0 fully saturated rings. The van der Waals surface area contributed by atoms with Crippen LogP contribution in [0.4, 0.5) is 23.0 Å². The van der Waals surface area contributed by atoms with Crippen molar-refractivity contribution in [3.63, 3.8) is 0 Å². The van der Waals surface area contributed by atoms with Crippen LogP contribution in [0.3, 0.4) is 0 Å². The first-order valence-electron chi connectivity index (χ1n) is 8.91. The van der Waals surface area contributed by atoms with Crippen LogP contribution in [0, 0.1) is 0 Å². The second-order valence-electron chi connectivity index (χ2n) is 6.03. The first-order valence-corrected chi connectivity index (χ1v) is 8.91. The summed E-state index contributed by atoms with van der Waals surface area (Å²) in [5.74, 6) is -0.00320. The topological polar surface area (TPSA) is 87.2 Å². The van der Waals surface area contributed by atoms with E-state index in [4.69, 9.17) is 0 Å². The highest BCUT2D eigenvalue weighted by Gasteiger charge is 2.18. The van der Waals surface area contributed by atoms with Crippen molar-refractivity contribution in [2.75, 3.05) is 22.1 Å². The minimum Gasteiger partial charge on any atom is -0.326 e. The van der Waals surface area contributed by atoms with Crippen molar-refractivity contribution in [3.05, 3.63) is 72.6 Å². The van der Waals surface area contributed by atoms with E-state index in [-0.39, 0.29) is 11.8 Å². The lowest BCUT2D eigenvalue weighted by Crippen LogP contribution is -2.31. The van der Waals surface area contributed by atoms with Crippen molar-refractivity contribution in [2.45, 2.75) is 13.8 Å². The lowest BCUT2D eigenvalue weighted by Gasteiger charge is -2.20. The van der Waals surface area contributed by atoms with Crippen LogP contribution in [-0.4, -0.2) is 28.3 Å². The highest BCUT2D eigenvalue weighted by Crippen LogP contribution is 2.19. The summed E-state index contributed by atoms with van der Waals surface area (Å²) in [6.45, 7) is 3.90. The molecule has 0 aliphatic heterocycles. The molecule has 142 valence electrons. The van der Waals surface area contributed by atoms with Gasteiger partial charge in [-0.05, 0) is 49.4 Å². The molecular formula is C21H21N5O2. The van der Waals surface area contributed by atoms with Gasteiger partial charge in [-0.15, -0.1) is 0 Å². The van der Waals surface area contributed by atoms with Gasteiger partial charge in [0.1, 0.15) is 5.69 Å². The Labute approximate surface area is 163 Å². The molecule has 0 spiro atoms. The Balaban J connectivity index is 1.76. The van der Waals surface area contributed by atoms with E-state index in [1.807, 2.05) is 37.3 Å². The van der Waals surface area contributed by atoms with Gasteiger partial charge in [-0.1, -0.05) is 18.2 Å². The number of nitrogens with zero attached hydrogens (tertiary/aromatic N) is 3. The molecule has 0 saturated carbocycles. The first-order chi connectivity index (χ1) is 13.6. The fourth-order valence-corrected chi connectivity index (χ4v) is 2.70. The van der Waals surface area contributed by atoms with Crippen molar-refractivity contribution in [1.29, 1.82) is 0 Å². The van der Waals surface area contributed by atoms with Gasteiger partial charge in [0.2, 0.25) is 11.9 Å². The third kappa shape index (κ3) is 4.70. The summed E-state index contributed by atoms with van der Waals surface area (Å²) in [7, 11) is 0. The molecule has 0 bridgehead atoms. The SMILES string of the molecule is CCN(C(=O)c1ccnc(Nc2ccc(NC(C)=O)cc2)n1)c1ccccc1. The molecule has 7 nitrogen and oxygen atoms in total. The van der Waals surface area contributed by atoms with E-state index in [0.717, 1.165) is 11.4 Å². The van der Waals surface area contributed by atoms with Crippen LogP contribution in [0.2, 0.25) is 0 Å². The zero-order valence-electron chi connectivity index (χ0n) is 15.7. The Bertz CT molecular complexity index is 958. The molecule has 0 aliphatic carbocycles. The summed E-state index contributed by atoms with van der Waals surface area (Å²) in [6.07, 6.45) is 1.55. The second kappa shape index (κ2) is 8.77. The van der Waals surface area contributed by atoms with Gasteiger partial charge in [0.15, 0.2) is 0 Å². The van der Waals surface area contributed by atoms with Crippen LogP contribution in [0.25, 0.3) is 0 Å². The molecule has 2 amide bonds. The molecule has 1 aromatic heterocycles. The maximum absolute atomic E-state index is 12.9. The maximum Gasteiger partial charge on any atom is 0.277 e. The average Bonchev–Trinajstić information content (AvgIpc) is 2.71. The molecule has 0 aliphatic rings. The fraction of sp³-hybridized carbons (Fsp3) is 0.143. The molecule has 0 radical (unpaired) electrons. The summed E-state index contributed by atoms with van der Waals surface area (Å²) in [5.41, 5.74) is 2.56. The highest BCUT2D eigenvalue weighted by molar-refractivity contribution is 6.04. The molecule has 2 aromatic carbocycles. The molecule has 7 heteroatoms. The number of benzene rings is 2. The molecule has 1 heterocycles. The normalized spacial score (nSPS) is 10.2. The summed E-state index contributed by atoms with van der Waals surface area (Å²) < 4.78 is 0. The number of carbonyl (C=O) groups excluding carboxylic acids is 2. The van der Waals surface area contributed by atoms with Crippen molar-refractivity contribution in [1.82, 2.24) is 9.97 Å². The van der Waals surface area contributed by atoms with Gasteiger partial charge in [0, 0.05) is 36.7 Å². The number of carbonyl (C=O) groups is 2. The van der Waals surface area contributed by atoms with Gasteiger partial charge in [-0.2, -0.15) is 0 Å². The molecule has 0 atom stereocenters. The molecule has 0 saturated heterocycles. The van der Waals surface area contributed by atoms with E-state index in [1.54, 1.807) is 41.4 Å². The zero-order valence-corrected chi connectivity index (χ0v) is 15.7. The van der Waals surface area contributed by atoms with E-state index < -0.39 is 0 Å². The van der Waals surface area contributed by atoms with E-state index >= 15 is 0 Å². The van der Waals surface area contributed by atoms with Gasteiger partial charge >= 0.3 is 0 Å². The number of rotatable bonds is 6. The summed E-state index contributed by atoms with van der Waals surface area (Å²) in [5, 5.41) is 5.78. The van der Waals surface area contributed by atoms with E-state index in [2.05, 4.69) is 20.6 Å². The molecule has 28 heavy (non-hydrogen) atoms. The van der Waals surface area contributed by atoms with Gasteiger partial charge in [-0.3, -0.25) is 9.59 Å². The minimum absolute atomic E-state index is 0.130. The summed E-state index contributed by atoms with van der Waals surface area (Å²) in [4.78, 5) is 34.2. The first kappa shape index (κ1) is 19.0. The number of anilines is 4. The van der Waals surface area contributed by atoms with Crippen LogP contribution in [0.5, 0.6) is 0 Å². The van der Waals surface area contributed by atoms with Crippen molar-refractivity contribution >= 4 is 34.8 Å². The van der Waals surface area contributed by atoms with E-state index in [1.165, 1.54) is 6.92 Å². The van der Waals surface area contributed by atoms with Crippen molar-refractivity contribution in [2.24, 2.45) is 0 Å². The van der Waals surface area contributed by atoms with Crippen molar-refractivity contribution in [3.8, 4) is 0 Å². The summed E-state index contributed by atoms with van der Waals surface area (Å²) >= 11 is 0. The van der Waals surface area contributed by atoms with Gasteiger partial charge < -0.3 is 15.5 Å². The van der Waals surface area contributed by atoms with Gasteiger partial charge in [0.05, 0.1) is 0 Å². The quantitative estimate of drug-likeness (QED) is 0.683. The monoisotopic (exact) mass is 375 g/mol. The average molecular weight is 375 g/mol. The van der Waals surface area contributed by atoms with Crippen LogP contribution in [-0.2, 0) is 4.79 Å². The molecule has 3 rings (SSSR count). The van der Waals surface area contributed by atoms with E-state index in [9.17, 15) is 9.59 Å². The standard InChI is InChI=1S/C21H21N5O2/c1-3-26(18-7-5-4-6-8-18)20(28)19-13-14-22-21(25-19)24-17-11-9-16(10-12-17)23-15(2)27/h4-14H,3H2,1-2H3,(H,23,27)(H,22,24,25). The van der Waals surface area contributed by atoms with Gasteiger partial charge in [-0.25, -0.2) is 9.97 Å². The Morgan fingerprint density at radius 1 is 0.964 bits per heavy atom. The van der Waals surface area contributed by atoms with Crippen LogP contribution >= 0.6 is 0 Å². The van der Waals surface area contributed by atoms with Gasteiger partial charge in [0.25, 0.3) is 5.91 Å². The predicted octanol–water partition coefficient (Wildman–Crippen LogP) is 3.85. The lowest BCUT2D eigenvalue weighted by atomic mass is 10.2. The Hall–Kier alpha value is -3.74. The minimum atomic E-state index is -0.194. The van der Waals surface area contributed by atoms with E-state index in [0.29, 0.717) is 23.9 Å². The second-order valence-corrected chi connectivity index (χ2v) is 6.03. The fourth-order valence-electron chi connectivity index (χ4n) is 2.70. The number of hydrogen-bond donors (Lipinski definition) is 2. The van der Waals surface area contributed by atoms with Crippen LogP contribution < -0.4 is 15.5 Å². The lowest BCUT2D eigenvalue weighted by molar-refractivity contribution is -0.114. The number of para-hydroxylation sites is 1. The Kier molecular flexibility index (Phi) is 5.96. The molecule has 2 N–H and O–H groups in total. The molecule has 0 unspecified atom stereocenters. The smallest absolute Gasteiger partial charge is 0.277 e. The Morgan fingerprint density at radius 2 is 1.64 bits per heavy atom. The molecule has 3 aromatic rings. The zero-order chi connectivity index (χ0) is 19.9. The predicted molar refractivity (Wildman–Crippen MR) is 110 cm³/mol. The number of hydrogen-bond acceptors (Lipinski definition) is 5. The van der Waals surface area contributed by atoms with Crippen LogP contribution in [0.15, 0.2) is 66.9 Å². The largest absolute Gasteiger partial charge is 0.326 e. The number of aromatic nitrogens is 2. The Morgan fingerprint density at radius 3 is 2.29 bits per heavy atom. The highest BCUT2D eigenvalue weighted by atomic mass is 16.2. The van der Waals surface area contributed by atoms with Crippen LogP contribution in [0.1, 0.15) is 24.3 Å². The van der Waals surface area contributed by atoms with Crippen molar-refractivity contribution < 1.29 is 9.59 Å². The maximum atomic E-state index is 12.9. The third-order valence-corrected chi connectivity index (χ3v) is 3.97. The third-order valence-electron chi connectivity index (χ3n) is 3.97. The summed E-state index contributed by atoms with van der Waals surface area (Å²) in [6, 6.07) is 18.2.